The third-order valence-corrected chi connectivity index (χ3v) is 2.60. The predicted octanol–water partition coefficient (Wildman–Crippen LogP) is 0.862. The van der Waals surface area contributed by atoms with Gasteiger partial charge >= 0.3 is 0 Å². The maximum atomic E-state index is 11.5. The van der Waals surface area contributed by atoms with Gasteiger partial charge in [0.1, 0.15) is 6.61 Å². The van der Waals surface area contributed by atoms with Crippen LogP contribution in [0.25, 0.3) is 0 Å². The van der Waals surface area contributed by atoms with Crippen molar-refractivity contribution in [3.8, 4) is 0 Å². The first-order chi connectivity index (χ1) is 11.0. The molecule has 0 bridgehead atoms. The smallest absolute Gasteiger partial charge is 0.246 e. The highest BCUT2D eigenvalue weighted by Crippen LogP contribution is 2.09. The number of hydrogen-bond donors (Lipinski definition) is 1. The van der Waals surface area contributed by atoms with E-state index in [0.717, 1.165) is 0 Å². The summed E-state index contributed by atoms with van der Waals surface area (Å²) in [6.07, 6.45) is 0. The molecule has 0 atom stereocenters. The van der Waals surface area contributed by atoms with Gasteiger partial charge in [-0.25, -0.2) is 0 Å². The van der Waals surface area contributed by atoms with Crippen molar-refractivity contribution in [2.45, 2.75) is 20.8 Å². The summed E-state index contributed by atoms with van der Waals surface area (Å²) in [4.78, 5) is 11.5. The highest BCUT2D eigenvalue weighted by Gasteiger charge is 2.11. The fourth-order valence-electron chi connectivity index (χ4n) is 1.38. The molecule has 0 aliphatic heterocycles. The topological polar surface area (TPSA) is 75.2 Å². The van der Waals surface area contributed by atoms with Crippen LogP contribution in [0.3, 0.4) is 0 Å². The van der Waals surface area contributed by atoms with Gasteiger partial charge in [-0.1, -0.05) is 20.8 Å². The SMILES string of the molecule is COCCOCCOCCOCCOCC(=O)NCC(C)(C)C. The fourth-order valence-corrected chi connectivity index (χ4v) is 1.38. The maximum absolute atomic E-state index is 11.5. The Bertz CT molecular complexity index is 280. The minimum Gasteiger partial charge on any atom is -0.382 e. The van der Waals surface area contributed by atoms with Gasteiger partial charge in [-0.3, -0.25) is 4.79 Å². The average Bonchev–Trinajstić information content (AvgIpc) is 2.49. The fraction of sp³-hybridized carbons (Fsp3) is 0.938. The number of carbonyl (C=O) groups is 1. The molecule has 0 aromatic heterocycles. The minimum absolute atomic E-state index is 0.0642. The third-order valence-electron chi connectivity index (χ3n) is 2.60. The van der Waals surface area contributed by atoms with Crippen LogP contribution in [0.2, 0.25) is 0 Å². The lowest BCUT2D eigenvalue weighted by Gasteiger charge is -2.18. The summed E-state index contributed by atoms with van der Waals surface area (Å²) in [5, 5.41) is 2.82. The Morgan fingerprint density at radius 2 is 1.22 bits per heavy atom. The number of nitrogens with one attached hydrogen (secondary N) is 1. The Morgan fingerprint density at radius 1 is 0.783 bits per heavy atom. The van der Waals surface area contributed by atoms with Gasteiger partial charge < -0.3 is 29.0 Å². The first kappa shape index (κ1) is 22.3. The van der Waals surface area contributed by atoms with Gasteiger partial charge in [-0.05, 0) is 5.41 Å². The molecule has 0 saturated carbocycles. The summed E-state index contributed by atoms with van der Waals surface area (Å²) in [6.45, 7) is 11.0. The molecule has 0 aromatic rings. The van der Waals surface area contributed by atoms with Crippen molar-refractivity contribution in [3.63, 3.8) is 0 Å². The van der Waals surface area contributed by atoms with Crippen molar-refractivity contribution in [2.75, 3.05) is 73.1 Å². The Kier molecular flexibility index (Phi) is 14.4. The first-order valence-electron chi connectivity index (χ1n) is 8.02. The van der Waals surface area contributed by atoms with Crippen molar-refractivity contribution >= 4 is 5.91 Å². The molecule has 0 aromatic carbocycles. The van der Waals surface area contributed by atoms with E-state index in [1.165, 1.54) is 0 Å². The van der Waals surface area contributed by atoms with Crippen molar-refractivity contribution in [2.24, 2.45) is 5.41 Å². The zero-order valence-electron chi connectivity index (χ0n) is 15.0. The van der Waals surface area contributed by atoms with Crippen LogP contribution < -0.4 is 5.32 Å². The van der Waals surface area contributed by atoms with Crippen LogP contribution in [0.4, 0.5) is 0 Å². The molecule has 0 heterocycles. The minimum atomic E-state index is -0.100. The predicted molar refractivity (Wildman–Crippen MR) is 87.6 cm³/mol. The van der Waals surface area contributed by atoms with Gasteiger partial charge in [0.25, 0.3) is 0 Å². The molecular weight excluding hydrogens is 302 g/mol. The van der Waals surface area contributed by atoms with E-state index in [2.05, 4.69) is 26.1 Å². The quantitative estimate of drug-likeness (QED) is 0.448. The van der Waals surface area contributed by atoms with Gasteiger partial charge in [0.05, 0.1) is 52.9 Å². The second-order valence-electron chi connectivity index (χ2n) is 6.22. The van der Waals surface area contributed by atoms with E-state index < -0.39 is 0 Å². The number of carbonyl (C=O) groups excluding carboxylic acids is 1. The highest BCUT2D eigenvalue weighted by molar-refractivity contribution is 5.77. The summed E-state index contributed by atoms with van der Waals surface area (Å²) in [6, 6.07) is 0. The molecule has 0 fully saturated rings. The average molecular weight is 335 g/mol. The molecule has 7 nitrogen and oxygen atoms in total. The number of methoxy groups -OCH3 is 1. The van der Waals surface area contributed by atoms with Crippen molar-refractivity contribution in [1.82, 2.24) is 5.32 Å². The summed E-state index contributed by atoms with van der Waals surface area (Å²) in [5.74, 6) is -0.100. The van der Waals surface area contributed by atoms with Gasteiger partial charge in [0.15, 0.2) is 0 Å². The number of hydrogen-bond acceptors (Lipinski definition) is 6. The third kappa shape index (κ3) is 19.2. The molecule has 0 spiro atoms. The molecule has 0 unspecified atom stereocenters. The van der Waals surface area contributed by atoms with E-state index in [1.54, 1.807) is 7.11 Å². The summed E-state index contributed by atoms with van der Waals surface area (Å²) >= 11 is 0. The van der Waals surface area contributed by atoms with Gasteiger partial charge in [0.2, 0.25) is 5.91 Å². The summed E-state index contributed by atoms with van der Waals surface area (Å²) in [7, 11) is 1.64. The normalized spacial score (nSPS) is 11.7. The van der Waals surface area contributed by atoms with E-state index in [0.29, 0.717) is 59.4 Å². The number of amides is 1. The molecule has 0 radical (unpaired) electrons. The Hall–Kier alpha value is -0.730. The number of rotatable bonds is 15. The van der Waals surface area contributed by atoms with Crippen LogP contribution in [-0.2, 0) is 28.5 Å². The molecule has 0 aliphatic rings. The molecule has 0 saturated heterocycles. The van der Waals surface area contributed by atoms with Gasteiger partial charge in [0, 0.05) is 13.7 Å². The zero-order valence-corrected chi connectivity index (χ0v) is 15.0. The summed E-state index contributed by atoms with van der Waals surface area (Å²) < 4.78 is 26.0. The molecule has 7 heteroatoms. The Balaban J connectivity index is 3.17. The second-order valence-corrected chi connectivity index (χ2v) is 6.22. The largest absolute Gasteiger partial charge is 0.382 e. The molecule has 23 heavy (non-hydrogen) atoms. The van der Waals surface area contributed by atoms with Gasteiger partial charge in [-0.15, -0.1) is 0 Å². The molecule has 0 rings (SSSR count). The van der Waals surface area contributed by atoms with E-state index >= 15 is 0 Å². The lowest BCUT2D eigenvalue weighted by molar-refractivity contribution is -0.126. The summed E-state index contributed by atoms with van der Waals surface area (Å²) in [5.41, 5.74) is 0.0770. The Morgan fingerprint density at radius 3 is 1.65 bits per heavy atom. The van der Waals surface area contributed by atoms with E-state index in [-0.39, 0.29) is 17.9 Å². The Labute approximate surface area is 139 Å². The van der Waals surface area contributed by atoms with Crippen molar-refractivity contribution in [3.05, 3.63) is 0 Å². The monoisotopic (exact) mass is 335 g/mol. The van der Waals surface area contributed by atoms with Crippen LogP contribution >= 0.6 is 0 Å². The lowest BCUT2D eigenvalue weighted by Crippen LogP contribution is -2.34. The number of ether oxygens (including phenoxy) is 5. The van der Waals surface area contributed by atoms with Crippen molar-refractivity contribution in [1.29, 1.82) is 0 Å². The van der Waals surface area contributed by atoms with E-state index in [9.17, 15) is 4.79 Å². The van der Waals surface area contributed by atoms with E-state index in [1.807, 2.05) is 0 Å². The van der Waals surface area contributed by atoms with E-state index in [4.69, 9.17) is 23.7 Å². The van der Waals surface area contributed by atoms with Crippen LogP contribution in [0.15, 0.2) is 0 Å². The first-order valence-corrected chi connectivity index (χ1v) is 8.02. The van der Waals surface area contributed by atoms with Crippen LogP contribution in [0, 0.1) is 5.41 Å². The zero-order chi connectivity index (χ0) is 17.4. The second kappa shape index (κ2) is 14.8. The standard InChI is InChI=1S/C16H33NO6/c1-16(2,3)14-17-15(18)13-23-12-11-22-10-9-21-8-7-20-6-5-19-4/h5-14H2,1-4H3,(H,17,18). The lowest BCUT2D eigenvalue weighted by atomic mass is 9.97. The van der Waals surface area contributed by atoms with Crippen LogP contribution in [-0.4, -0.2) is 79.0 Å². The van der Waals surface area contributed by atoms with Crippen LogP contribution in [0.1, 0.15) is 20.8 Å². The maximum Gasteiger partial charge on any atom is 0.246 e. The van der Waals surface area contributed by atoms with Crippen LogP contribution in [0.5, 0.6) is 0 Å². The molecule has 1 amide bonds. The van der Waals surface area contributed by atoms with Crippen molar-refractivity contribution < 1.29 is 28.5 Å². The molecule has 1 N–H and O–H groups in total. The molecule has 0 aliphatic carbocycles. The molecular formula is C16H33NO6. The highest BCUT2D eigenvalue weighted by atomic mass is 16.6. The molecule has 138 valence electrons. The van der Waals surface area contributed by atoms with Gasteiger partial charge in [-0.2, -0.15) is 0 Å².